The highest BCUT2D eigenvalue weighted by Crippen LogP contribution is 2.29. The van der Waals surface area contributed by atoms with Crippen LogP contribution in [0.25, 0.3) is 11.0 Å². The number of halogens is 1. The molecular formula is C15H11ClN2O3. The van der Waals surface area contributed by atoms with Crippen LogP contribution < -0.4 is 0 Å². The second kappa shape index (κ2) is 5.20. The van der Waals surface area contributed by atoms with Crippen molar-refractivity contribution in [3.63, 3.8) is 0 Å². The van der Waals surface area contributed by atoms with Crippen LogP contribution in [0, 0.1) is 0 Å². The van der Waals surface area contributed by atoms with Crippen LogP contribution in [0.4, 0.5) is 0 Å². The van der Waals surface area contributed by atoms with Gasteiger partial charge in [-0.15, -0.1) is 0 Å². The van der Waals surface area contributed by atoms with Crippen LogP contribution in [0.15, 0.2) is 42.6 Å². The van der Waals surface area contributed by atoms with Gasteiger partial charge in [0.05, 0.1) is 22.3 Å². The average Bonchev–Trinajstić information content (AvgIpc) is 2.90. The van der Waals surface area contributed by atoms with Gasteiger partial charge in [0.15, 0.2) is 0 Å². The van der Waals surface area contributed by atoms with Crippen molar-refractivity contribution in [1.82, 2.24) is 9.97 Å². The highest BCUT2D eigenvalue weighted by atomic mass is 35.5. The molecule has 5 nitrogen and oxygen atoms in total. The predicted molar refractivity (Wildman–Crippen MR) is 78.6 cm³/mol. The first-order valence-electron chi connectivity index (χ1n) is 6.21. The van der Waals surface area contributed by atoms with Crippen molar-refractivity contribution in [2.75, 3.05) is 0 Å². The standard InChI is InChI=1S/C15H11ClN2O3/c16-10-4-2-1-3-8(10)14(19)12-7-11-13(18-12)9(15(20)21)5-6-17-11/h1-7,14,18-19H,(H,20,21). The number of pyridine rings is 1. The summed E-state index contributed by atoms with van der Waals surface area (Å²) in [6.45, 7) is 0. The molecule has 0 fully saturated rings. The monoisotopic (exact) mass is 302 g/mol. The van der Waals surface area contributed by atoms with Crippen LogP contribution >= 0.6 is 11.6 Å². The van der Waals surface area contributed by atoms with Crippen molar-refractivity contribution >= 4 is 28.6 Å². The molecule has 3 N–H and O–H groups in total. The van der Waals surface area contributed by atoms with Gasteiger partial charge >= 0.3 is 5.97 Å². The van der Waals surface area contributed by atoms with Gasteiger partial charge in [0, 0.05) is 16.8 Å². The molecule has 1 unspecified atom stereocenters. The van der Waals surface area contributed by atoms with E-state index in [1.807, 2.05) is 0 Å². The van der Waals surface area contributed by atoms with Crippen LogP contribution in [0.1, 0.15) is 27.7 Å². The van der Waals surface area contributed by atoms with E-state index in [1.54, 1.807) is 30.3 Å². The van der Waals surface area contributed by atoms with Crippen molar-refractivity contribution in [2.45, 2.75) is 6.10 Å². The Morgan fingerprint density at radius 3 is 2.76 bits per heavy atom. The summed E-state index contributed by atoms with van der Waals surface area (Å²) in [7, 11) is 0. The number of carboxylic acids is 1. The Bertz CT molecular complexity index is 829. The van der Waals surface area contributed by atoms with Crippen LogP contribution in [0.5, 0.6) is 0 Å². The van der Waals surface area contributed by atoms with Gasteiger partial charge in [0.25, 0.3) is 0 Å². The van der Waals surface area contributed by atoms with E-state index in [1.165, 1.54) is 12.3 Å². The van der Waals surface area contributed by atoms with E-state index >= 15 is 0 Å². The first-order chi connectivity index (χ1) is 10.1. The number of rotatable bonds is 3. The molecule has 2 heterocycles. The van der Waals surface area contributed by atoms with Crippen LogP contribution in [0.2, 0.25) is 5.02 Å². The van der Waals surface area contributed by atoms with Crippen molar-refractivity contribution < 1.29 is 15.0 Å². The smallest absolute Gasteiger partial charge is 0.337 e. The van der Waals surface area contributed by atoms with Gasteiger partial charge < -0.3 is 15.2 Å². The molecule has 1 aromatic carbocycles. The molecule has 3 rings (SSSR count). The average molecular weight is 303 g/mol. The summed E-state index contributed by atoms with van der Waals surface area (Å²) in [6, 6.07) is 9.97. The van der Waals surface area contributed by atoms with Gasteiger partial charge in [0.1, 0.15) is 6.10 Å². The van der Waals surface area contributed by atoms with E-state index in [9.17, 15) is 9.90 Å². The Kier molecular flexibility index (Phi) is 3.37. The number of hydrogen-bond acceptors (Lipinski definition) is 3. The molecule has 0 radical (unpaired) electrons. The second-order valence-corrected chi connectivity index (χ2v) is 4.98. The fraction of sp³-hybridized carbons (Fsp3) is 0.0667. The highest BCUT2D eigenvalue weighted by molar-refractivity contribution is 6.31. The maximum Gasteiger partial charge on any atom is 0.337 e. The van der Waals surface area contributed by atoms with E-state index in [2.05, 4.69) is 9.97 Å². The molecule has 2 aromatic heterocycles. The molecule has 21 heavy (non-hydrogen) atoms. The number of hydrogen-bond donors (Lipinski definition) is 3. The van der Waals surface area contributed by atoms with Gasteiger partial charge in [-0.05, 0) is 18.2 Å². The van der Waals surface area contributed by atoms with Gasteiger partial charge in [0.2, 0.25) is 0 Å². The molecule has 1 atom stereocenters. The minimum atomic E-state index is -1.05. The zero-order valence-electron chi connectivity index (χ0n) is 10.7. The predicted octanol–water partition coefficient (Wildman–Crippen LogP) is 3.00. The minimum Gasteiger partial charge on any atom is -0.478 e. The molecule has 0 bridgehead atoms. The molecule has 106 valence electrons. The van der Waals surface area contributed by atoms with Crippen molar-refractivity contribution in [2.24, 2.45) is 0 Å². The first kappa shape index (κ1) is 13.6. The summed E-state index contributed by atoms with van der Waals surface area (Å²) in [6.07, 6.45) is 0.445. The Labute approximate surface area is 124 Å². The number of carbonyl (C=O) groups is 1. The summed E-state index contributed by atoms with van der Waals surface area (Å²) < 4.78 is 0. The first-order valence-corrected chi connectivity index (χ1v) is 6.59. The molecule has 0 saturated heterocycles. The van der Waals surface area contributed by atoms with Crippen LogP contribution in [0.3, 0.4) is 0 Å². The zero-order chi connectivity index (χ0) is 15.0. The number of H-pyrrole nitrogens is 1. The van der Waals surface area contributed by atoms with Gasteiger partial charge in [-0.1, -0.05) is 29.8 Å². The van der Waals surface area contributed by atoms with Crippen molar-refractivity contribution in [1.29, 1.82) is 0 Å². The number of fused-ring (bicyclic) bond motifs is 1. The van der Waals surface area contributed by atoms with E-state index in [0.717, 1.165) is 0 Å². The normalized spacial score (nSPS) is 12.5. The number of aromatic amines is 1. The number of aromatic nitrogens is 2. The lowest BCUT2D eigenvalue weighted by Crippen LogP contribution is -2.01. The summed E-state index contributed by atoms with van der Waals surface area (Å²) in [4.78, 5) is 18.2. The number of nitrogens with zero attached hydrogens (tertiary/aromatic N) is 1. The number of nitrogens with one attached hydrogen (secondary N) is 1. The molecule has 0 aliphatic rings. The fourth-order valence-electron chi connectivity index (χ4n) is 2.24. The Morgan fingerprint density at radius 2 is 2.05 bits per heavy atom. The Hall–Kier alpha value is -2.37. The highest BCUT2D eigenvalue weighted by Gasteiger charge is 2.18. The fourth-order valence-corrected chi connectivity index (χ4v) is 2.48. The maximum atomic E-state index is 11.2. The Morgan fingerprint density at radius 1 is 1.29 bits per heavy atom. The van der Waals surface area contributed by atoms with Crippen molar-refractivity contribution in [3.8, 4) is 0 Å². The van der Waals surface area contributed by atoms with E-state index in [4.69, 9.17) is 16.7 Å². The molecule has 0 spiro atoms. The lowest BCUT2D eigenvalue weighted by Gasteiger charge is -2.10. The van der Waals surface area contributed by atoms with Gasteiger partial charge in [-0.25, -0.2) is 4.79 Å². The molecule has 6 heteroatoms. The van der Waals surface area contributed by atoms with Crippen molar-refractivity contribution in [3.05, 3.63) is 64.4 Å². The summed E-state index contributed by atoms with van der Waals surface area (Å²) in [5.41, 5.74) is 1.96. The maximum absolute atomic E-state index is 11.2. The van der Waals surface area contributed by atoms with E-state index < -0.39 is 12.1 Å². The lowest BCUT2D eigenvalue weighted by atomic mass is 10.1. The third kappa shape index (κ3) is 2.37. The molecule has 0 amide bonds. The topological polar surface area (TPSA) is 86.2 Å². The van der Waals surface area contributed by atoms with E-state index in [0.29, 0.717) is 27.3 Å². The lowest BCUT2D eigenvalue weighted by molar-refractivity contribution is 0.0698. The largest absolute Gasteiger partial charge is 0.478 e. The van der Waals surface area contributed by atoms with Crippen LogP contribution in [-0.2, 0) is 0 Å². The SMILES string of the molecule is O=C(O)c1ccnc2cc(C(O)c3ccccc3Cl)[nH]c12. The number of benzene rings is 1. The minimum absolute atomic E-state index is 0.109. The quantitative estimate of drug-likeness (QED) is 0.694. The molecule has 3 aromatic rings. The third-order valence-corrected chi connectivity index (χ3v) is 3.61. The number of aliphatic hydroxyl groups is 1. The molecular weight excluding hydrogens is 292 g/mol. The number of aromatic carboxylic acids is 1. The second-order valence-electron chi connectivity index (χ2n) is 4.57. The zero-order valence-corrected chi connectivity index (χ0v) is 11.5. The molecule has 0 aliphatic carbocycles. The third-order valence-electron chi connectivity index (χ3n) is 3.27. The summed E-state index contributed by atoms with van der Waals surface area (Å²) in [5.74, 6) is -1.05. The van der Waals surface area contributed by atoms with Gasteiger partial charge in [-0.2, -0.15) is 0 Å². The van der Waals surface area contributed by atoms with Crippen LogP contribution in [-0.4, -0.2) is 26.2 Å². The number of carboxylic acid groups (broad SMARTS) is 1. The summed E-state index contributed by atoms with van der Waals surface area (Å²) in [5, 5.41) is 20.0. The molecule has 0 aliphatic heterocycles. The number of aliphatic hydroxyl groups excluding tert-OH is 1. The Balaban J connectivity index is 2.12. The van der Waals surface area contributed by atoms with Gasteiger partial charge in [-0.3, -0.25) is 4.98 Å². The van der Waals surface area contributed by atoms with E-state index in [-0.39, 0.29) is 5.56 Å². The summed E-state index contributed by atoms with van der Waals surface area (Å²) >= 11 is 6.07. The molecule has 0 saturated carbocycles.